The Labute approximate surface area is 198 Å². The van der Waals surface area contributed by atoms with E-state index < -0.39 is 18.6 Å². The van der Waals surface area contributed by atoms with Crippen molar-refractivity contribution in [1.82, 2.24) is 19.7 Å². The molecule has 1 N–H and O–H groups in total. The van der Waals surface area contributed by atoms with Gasteiger partial charge in [0.05, 0.1) is 5.69 Å². The lowest BCUT2D eigenvalue weighted by Gasteiger charge is -2.14. The predicted molar refractivity (Wildman–Crippen MR) is 121 cm³/mol. The molecule has 0 aliphatic rings. The van der Waals surface area contributed by atoms with Crippen LogP contribution in [-0.2, 0) is 4.74 Å². The molecular weight excluding hydrogens is 463 g/mol. The van der Waals surface area contributed by atoms with Crippen molar-refractivity contribution in [2.45, 2.75) is 26.3 Å². The molecule has 4 aromatic rings. The van der Waals surface area contributed by atoms with Gasteiger partial charge in [0, 0.05) is 28.7 Å². The summed E-state index contributed by atoms with van der Waals surface area (Å²) < 4.78 is 47.6. The number of anilines is 1. The van der Waals surface area contributed by atoms with Crippen LogP contribution in [0.5, 0.6) is 5.75 Å². The molecule has 0 saturated carbocycles. The molecule has 0 fully saturated rings. The highest BCUT2D eigenvalue weighted by Crippen LogP contribution is 2.24. The number of nitrogens with one attached hydrogen (secondary N) is 1. The number of pyridine rings is 1. The van der Waals surface area contributed by atoms with Gasteiger partial charge in [-0.15, -0.1) is 18.3 Å². The molecule has 4 rings (SSSR count). The molecule has 0 radical (unpaired) electrons. The second-order valence-electron chi connectivity index (χ2n) is 7.54. The summed E-state index contributed by atoms with van der Waals surface area (Å²) in [5.41, 5.74) is 3.37. The lowest BCUT2D eigenvalue weighted by atomic mass is 10.2. The Morgan fingerprint density at radius 2 is 1.71 bits per heavy atom. The average molecular weight is 483 g/mol. The van der Waals surface area contributed by atoms with Crippen molar-refractivity contribution in [2.24, 2.45) is 0 Å². The van der Waals surface area contributed by atoms with Crippen LogP contribution in [0.15, 0.2) is 73.2 Å². The number of alkyl halides is 3. The number of hydrogen-bond donors (Lipinski definition) is 1. The van der Waals surface area contributed by atoms with Gasteiger partial charge in [-0.1, -0.05) is 6.07 Å². The minimum Gasteiger partial charge on any atom is -0.441 e. The number of amides is 1. The molecule has 0 spiro atoms. The highest BCUT2D eigenvalue weighted by atomic mass is 19.4. The summed E-state index contributed by atoms with van der Waals surface area (Å²) in [6, 6.07) is 15.8. The van der Waals surface area contributed by atoms with E-state index in [0.29, 0.717) is 22.8 Å². The van der Waals surface area contributed by atoms with Gasteiger partial charge in [0.15, 0.2) is 5.82 Å². The molecule has 0 aliphatic heterocycles. The Morgan fingerprint density at radius 1 is 1.00 bits per heavy atom. The predicted octanol–water partition coefficient (Wildman–Crippen LogP) is 5.85. The fraction of sp³-hybridized carbons (Fsp3) is 0.167. The van der Waals surface area contributed by atoms with Crippen molar-refractivity contribution < 1.29 is 27.4 Å². The van der Waals surface area contributed by atoms with Crippen LogP contribution in [-0.4, -0.2) is 32.2 Å². The summed E-state index contributed by atoms with van der Waals surface area (Å²) in [7, 11) is 0. The Kier molecular flexibility index (Phi) is 6.67. The molecule has 11 heteroatoms. The van der Waals surface area contributed by atoms with E-state index in [-0.39, 0.29) is 5.75 Å². The fourth-order valence-electron chi connectivity index (χ4n) is 3.12. The van der Waals surface area contributed by atoms with Crippen LogP contribution in [0.1, 0.15) is 24.3 Å². The number of carbonyl (C=O) groups excluding carboxylic acids is 1. The highest BCUT2D eigenvalue weighted by molar-refractivity contribution is 5.85. The molecule has 1 amide bonds. The number of ether oxygens (including phenoxy) is 2. The maximum absolute atomic E-state index is 12.3. The van der Waals surface area contributed by atoms with E-state index in [2.05, 4.69) is 25.1 Å². The van der Waals surface area contributed by atoms with Crippen LogP contribution in [0, 0.1) is 6.92 Å². The monoisotopic (exact) mass is 483 g/mol. The van der Waals surface area contributed by atoms with E-state index >= 15 is 0 Å². The second-order valence-corrected chi connectivity index (χ2v) is 7.54. The maximum atomic E-state index is 12.3. The Hall–Kier alpha value is -4.41. The number of benzene rings is 2. The minimum absolute atomic E-state index is 0.326. The summed E-state index contributed by atoms with van der Waals surface area (Å²) in [6.07, 6.45) is -2.72. The first-order valence-corrected chi connectivity index (χ1v) is 10.4. The zero-order valence-electron chi connectivity index (χ0n) is 18.7. The Morgan fingerprint density at radius 3 is 2.34 bits per heavy atom. The summed E-state index contributed by atoms with van der Waals surface area (Å²) in [6.45, 7) is 3.63. The van der Waals surface area contributed by atoms with Crippen LogP contribution in [0.2, 0.25) is 0 Å². The van der Waals surface area contributed by atoms with E-state index in [1.54, 1.807) is 37.4 Å². The minimum atomic E-state index is -4.75. The SMILES string of the molecule is Cc1ccc(C(C)OC(=O)Nc2ccc(-c3ncn(-c4ccc(OC(F)(F)F)cc4)n3)cc2)cn1. The molecule has 2 heterocycles. The van der Waals surface area contributed by atoms with E-state index in [1.165, 1.54) is 35.3 Å². The van der Waals surface area contributed by atoms with Gasteiger partial charge >= 0.3 is 12.5 Å². The van der Waals surface area contributed by atoms with Gasteiger partial charge in [0.1, 0.15) is 18.2 Å². The highest BCUT2D eigenvalue weighted by Gasteiger charge is 2.31. The van der Waals surface area contributed by atoms with Gasteiger partial charge in [-0.3, -0.25) is 10.3 Å². The number of nitrogens with zero attached hydrogens (tertiary/aromatic N) is 4. The molecule has 1 atom stereocenters. The molecule has 8 nitrogen and oxygen atoms in total. The van der Waals surface area contributed by atoms with Crippen molar-refractivity contribution in [3.63, 3.8) is 0 Å². The lowest BCUT2D eigenvalue weighted by Crippen LogP contribution is -2.17. The molecule has 1 unspecified atom stereocenters. The van der Waals surface area contributed by atoms with Gasteiger partial charge in [0.25, 0.3) is 0 Å². The fourth-order valence-corrected chi connectivity index (χ4v) is 3.12. The molecular formula is C24H20F3N5O3. The van der Waals surface area contributed by atoms with Gasteiger partial charge in [0.2, 0.25) is 0 Å². The number of hydrogen-bond acceptors (Lipinski definition) is 6. The third kappa shape index (κ3) is 6.34. The first-order chi connectivity index (χ1) is 16.7. The third-order valence-electron chi connectivity index (χ3n) is 4.90. The summed E-state index contributed by atoms with van der Waals surface area (Å²) >= 11 is 0. The normalized spacial score (nSPS) is 12.1. The zero-order chi connectivity index (χ0) is 25.0. The zero-order valence-corrected chi connectivity index (χ0v) is 18.7. The van der Waals surface area contributed by atoms with Gasteiger partial charge < -0.3 is 9.47 Å². The first kappa shape index (κ1) is 23.7. The van der Waals surface area contributed by atoms with Gasteiger partial charge in [-0.2, -0.15) is 0 Å². The lowest BCUT2D eigenvalue weighted by molar-refractivity contribution is -0.274. The number of aryl methyl sites for hydroxylation is 1. The van der Waals surface area contributed by atoms with Crippen LogP contribution < -0.4 is 10.1 Å². The van der Waals surface area contributed by atoms with E-state index in [9.17, 15) is 18.0 Å². The molecule has 0 bridgehead atoms. The number of rotatable bonds is 6. The molecule has 180 valence electrons. The second kappa shape index (κ2) is 9.84. The molecule has 2 aromatic carbocycles. The number of halogens is 3. The van der Waals surface area contributed by atoms with Crippen molar-refractivity contribution in [3.05, 3.63) is 84.4 Å². The van der Waals surface area contributed by atoms with Crippen molar-refractivity contribution in [3.8, 4) is 22.8 Å². The van der Waals surface area contributed by atoms with Gasteiger partial charge in [-0.05, 0) is 68.4 Å². The summed E-state index contributed by atoms with van der Waals surface area (Å²) in [4.78, 5) is 20.7. The van der Waals surface area contributed by atoms with E-state index in [0.717, 1.165) is 11.3 Å². The van der Waals surface area contributed by atoms with Gasteiger partial charge in [-0.25, -0.2) is 14.5 Å². The van der Waals surface area contributed by atoms with Crippen molar-refractivity contribution in [2.75, 3.05) is 5.32 Å². The smallest absolute Gasteiger partial charge is 0.441 e. The average Bonchev–Trinajstić information content (AvgIpc) is 3.29. The molecule has 2 aromatic heterocycles. The maximum Gasteiger partial charge on any atom is 0.573 e. The van der Waals surface area contributed by atoms with Crippen molar-refractivity contribution in [1.29, 1.82) is 0 Å². The summed E-state index contributed by atoms with van der Waals surface area (Å²) in [5.74, 6) is 0.0726. The van der Waals surface area contributed by atoms with Crippen LogP contribution >= 0.6 is 0 Å². The molecule has 0 aliphatic carbocycles. The number of carbonyl (C=O) groups is 1. The Bertz CT molecular complexity index is 1290. The summed E-state index contributed by atoms with van der Waals surface area (Å²) in [5, 5.41) is 7.01. The van der Waals surface area contributed by atoms with Crippen molar-refractivity contribution >= 4 is 11.8 Å². The Balaban J connectivity index is 1.37. The topological polar surface area (TPSA) is 91.2 Å². The number of aromatic nitrogens is 4. The van der Waals surface area contributed by atoms with E-state index in [4.69, 9.17) is 4.74 Å². The first-order valence-electron chi connectivity index (χ1n) is 10.4. The standard InChI is InChI=1S/C24H20F3N5O3/c1-15-3-4-18(13-28-15)16(2)34-23(33)30-19-7-5-17(6-8-19)22-29-14-32(31-22)20-9-11-21(12-10-20)35-24(25,26)27/h3-14,16H,1-2H3,(H,30,33). The van der Waals surface area contributed by atoms with Crippen LogP contribution in [0.4, 0.5) is 23.7 Å². The quantitative estimate of drug-likeness (QED) is 0.370. The van der Waals surface area contributed by atoms with Crippen LogP contribution in [0.25, 0.3) is 17.1 Å². The largest absolute Gasteiger partial charge is 0.573 e. The third-order valence-corrected chi connectivity index (χ3v) is 4.90. The van der Waals surface area contributed by atoms with Crippen LogP contribution in [0.3, 0.4) is 0 Å². The van der Waals surface area contributed by atoms with E-state index in [1.807, 2.05) is 19.1 Å². The molecule has 35 heavy (non-hydrogen) atoms. The molecule has 0 saturated heterocycles.